The number of nitrogens with zero attached hydrogens (tertiary/aromatic N) is 3. The summed E-state index contributed by atoms with van der Waals surface area (Å²) in [7, 11) is 1.87. The van der Waals surface area contributed by atoms with Gasteiger partial charge in [-0.1, -0.05) is 13.0 Å². The van der Waals surface area contributed by atoms with E-state index < -0.39 is 0 Å². The van der Waals surface area contributed by atoms with E-state index in [9.17, 15) is 0 Å². The molecule has 1 aliphatic heterocycles. The van der Waals surface area contributed by atoms with Crippen molar-refractivity contribution in [1.82, 2.24) is 15.2 Å². The number of aliphatic imine (C=N–C) groups is 1. The molecule has 112 valence electrons. The van der Waals surface area contributed by atoms with Gasteiger partial charge < -0.3 is 10.2 Å². The van der Waals surface area contributed by atoms with Gasteiger partial charge in [0.2, 0.25) is 0 Å². The number of hydrogen-bond acceptors (Lipinski definition) is 2. The van der Waals surface area contributed by atoms with Gasteiger partial charge in [0.05, 0.1) is 0 Å². The zero-order chi connectivity index (χ0) is 13.5. The maximum atomic E-state index is 4.38. The second-order valence-corrected chi connectivity index (χ2v) is 5.25. The Balaban J connectivity index is 0.00000200. The Kier molecular flexibility index (Phi) is 7.87. The van der Waals surface area contributed by atoms with Crippen molar-refractivity contribution in [2.75, 3.05) is 26.7 Å². The molecule has 1 fully saturated rings. The van der Waals surface area contributed by atoms with Crippen molar-refractivity contribution in [3.8, 4) is 0 Å². The average Bonchev–Trinajstić information content (AvgIpc) is 2.46. The van der Waals surface area contributed by atoms with Gasteiger partial charge in [-0.25, -0.2) is 0 Å². The smallest absolute Gasteiger partial charge is 0.193 e. The van der Waals surface area contributed by atoms with E-state index in [0.717, 1.165) is 37.9 Å². The molecule has 1 aliphatic rings. The molecule has 0 saturated carbocycles. The summed E-state index contributed by atoms with van der Waals surface area (Å²) >= 11 is 0. The van der Waals surface area contributed by atoms with Crippen molar-refractivity contribution in [3.05, 3.63) is 30.1 Å². The molecule has 2 heterocycles. The number of hydrogen-bond donors (Lipinski definition) is 1. The van der Waals surface area contributed by atoms with Gasteiger partial charge in [-0.05, 0) is 36.8 Å². The Morgan fingerprint density at radius 2 is 2.20 bits per heavy atom. The molecule has 0 aromatic carbocycles. The van der Waals surface area contributed by atoms with Crippen molar-refractivity contribution in [2.24, 2.45) is 10.9 Å². The van der Waals surface area contributed by atoms with Crippen LogP contribution in [0.15, 0.2) is 29.5 Å². The highest BCUT2D eigenvalue weighted by molar-refractivity contribution is 14.0. The number of aromatic nitrogens is 1. The molecule has 1 N–H and O–H groups in total. The predicted molar refractivity (Wildman–Crippen MR) is 94.7 cm³/mol. The largest absolute Gasteiger partial charge is 0.356 e. The molecule has 4 nitrogen and oxygen atoms in total. The maximum absolute atomic E-state index is 4.38. The highest BCUT2D eigenvalue weighted by Gasteiger charge is 2.18. The normalized spacial score (nSPS) is 16.7. The van der Waals surface area contributed by atoms with Crippen LogP contribution in [0.5, 0.6) is 0 Å². The number of rotatable bonds is 3. The first-order valence-corrected chi connectivity index (χ1v) is 7.14. The summed E-state index contributed by atoms with van der Waals surface area (Å²) in [5.74, 6) is 1.89. The molecule has 0 amide bonds. The monoisotopic (exact) mass is 388 g/mol. The third-order valence-electron chi connectivity index (χ3n) is 3.71. The second-order valence-electron chi connectivity index (χ2n) is 5.25. The van der Waals surface area contributed by atoms with Crippen LogP contribution in [0.1, 0.15) is 25.3 Å². The van der Waals surface area contributed by atoms with Gasteiger partial charge in [-0.15, -0.1) is 24.0 Å². The van der Waals surface area contributed by atoms with E-state index in [2.05, 4.69) is 33.2 Å². The van der Waals surface area contributed by atoms with Crippen LogP contribution in [-0.4, -0.2) is 42.5 Å². The molecule has 0 radical (unpaired) electrons. The van der Waals surface area contributed by atoms with Crippen molar-refractivity contribution >= 4 is 29.9 Å². The van der Waals surface area contributed by atoms with Gasteiger partial charge in [0.15, 0.2) is 5.96 Å². The summed E-state index contributed by atoms with van der Waals surface area (Å²) in [5.41, 5.74) is 1.26. The van der Waals surface area contributed by atoms with Crippen LogP contribution in [0.3, 0.4) is 0 Å². The first-order chi connectivity index (χ1) is 9.29. The lowest BCUT2D eigenvalue weighted by molar-refractivity contribution is 0.273. The Bertz CT molecular complexity index is 400. The molecular formula is C15H25IN4. The molecule has 0 bridgehead atoms. The number of pyridine rings is 1. The Morgan fingerprint density at radius 3 is 2.80 bits per heavy atom. The van der Waals surface area contributed by atoms with Crippen molar-refractivity contribution in [2.45, 2.75) is 26.2 Å². The molecule has 0 atom stereocenters. The highest BCUT2D eigenvalue weighted by Crippen LogP contribution is 2.15. The number of guanidine groups is 1. The van der Waals surface area contributed by atoms with Gasteiger partial charge >= 0.3 is 0 Å². The Hall–Kier alpha value is -0.850. The fourth-order valence-corrected chi connectivity index (χ4v) is 2.42. The average molecular weight is 388 g/mol. The van der Waals surface area contributed by atoms with Gasteiger partial charge in [-0.3, -0.25) is 9.98 Å². The summed E-state index contributed by atoms with van der Waals surface area (Å²) in [6.45, 7) is 5.47. The van der Waals surface area contributed by atoms with Crippen molar-refractivity contribution in [1.29, 1.82) is 0 Å². The standard InChI is InChI=1S/C15H24N4.HI/c1-13-6-10-19(11-7-13)15(16-2)18-9-5-14-4-3-8-17-12-14;/h3-4,8,12-13H,5-7,9-11H2,1-2H3,(H,16,18);1H. The number of halogens is 1. The van der Waals surface area contributed by atoms with Crippen LogP contribution < -0.4 is 5.32 Å². The summed E-state index contributed by atoms with van der Waals surface area (Å²) in [4.78, 5) is 10.9. The van der Waals surface area contributed by atoms with Crippen LogP contribution in [0.4, 0.5) is 0 Å². The van der Waals surface area contributed by atoms with Gasteiger partial charge in [0, 0.05) is 39.1 Å². The number of piperidine rings is 1. The van der Waals surface area contributed by atoms with Crippen LogP contribution in [0.25, 0.3) is 0 Å². The van der Waals surface area contributed by atoms with E-state index in [1.165, 1.54) is 18.4 Å². The molecule has 5 heteroatoms. The molecule has 20 heavy (non-hydrogen) atoms. The molecule has 2 rings (SSSR count). The minimum Gasteiger partial charge on any atom is -0.356 e. The summed E-state index contributed by atoms with van der Waals surface area (Å²) in [5, 5.41) is 3.45. The van der Waals surface area contributed by atoms with E-state index in [4.69, 9.17) is 0 Å². The molecule has 1 aromatic rings. The molecule has 0 spiro atoms. The lowest BCUT2D eigenvalue weighted by atomic mass is 10.00. The Morgan fingerprint density at radius 1 is 1.45 bits per heavy atom. The number of nitrogens with one attached hydrogen (secondary N) is 1. The Labute approximate surface area is 139 Å². The van der Waals surface area contributed by atoms with E-state index in [-0.39, 0.29) is 24.0 Å². The van der Waals surface area contributed by atoms with Gasteiger partial charge in [0.1, 0.15) is 0 Å². The van der Waals surface area contributed by atoms with Gasteiger partial charge in [-0.2, -0.15) is 0 Å². The van der Waals surface area contributed by atoms with Crippen LogP contribution in [0.2, 0.25) is 0 Å². The fourth-order valence-electron chi connectivity index (χ4n) is 2.42. The van der Waals surface area contributed by atoms with Gasteiger partial charge in [0.25, 0.3) is 0 Å². The zero-order valence-corrected chi connectivity index (χ0v) is 14.7. The lowest BCUT2D eigenvalue weighted by Gasteiger charge is -2.32. The summed E-state index contributed by atoms with van der Waals surface area (Å²) in [6, 6.07) is 4.09. The molecule has 1 aromatic heterocycles. The zero-order valence-electron chi connectivity index (χ0n) is 12.4. The SMILES string of the molecule is CN=C(NCCc1cccnc1)N1CCC(C)CC1.I. The first kappa shape index (κ1) is 17.2. The predicted octanol–water partition coefficient (Wildman–Crippen LogP) is 2.55. The van der Waals surface area contributed by atoms with E-state index in [1.807, 2.05) is 25.5 Å². The second kappa shape index (κ2) is 9.15. The molecular weight excluding hydrogens is 363 g/mol. The number of likely N-dealkylation sites (tertiary alicyclic amines) is 1. The van der Waals surface area contributed by atoms with Crippen LogP contribution in [0, 0.1) is 5.92 Å². The third-order valence-corrected chi connectivity index (χ3v) is 3.71. The lowest BCUT2D eigenvalue weighted by Crippen LogP contribution is -2.45. The van der Waals surface area contributed by atoms with Crippen molar-refractivity contribution < 1.29 is 0 Å². The quantitative estimate of drug-likeness (QED) is 0.492. The summed E-state index contributed by atoms with van der Waals surface area (Å²) < 4.78 is 0. The minimum atomic E-state index is 0. The molecule has 0 unspecified atom stereocenters. The minimum absolute atomic E-state index is 0. The van der Waals surface area contributed by atoms with E-state index in [0.29, 0.717) is 0 Å². The van der Waals surface area contributed by atoms with Crippen molar-refractivity contribution in [3.63, 3.8) is 0 Å². The summed E-state index contributed by atoms with van der Waals surface area (Å²) in [6.07, 6.45) is 7.25. The molecule has 1 saturated heterocycles. The van der Waals surface area contributed by atoms with Crippen LogP contribution in [-0.2, 0) is 6.42 Å². The van der Waals surface area contributed by atoms with E-state index in [1.54, 1.807) is 0 Å². The highest BCUT2D eigenvalue weighted by atomic mass is 127. The van der Waals surface area contributed by atoms with E-state index >= 15 is 0 Å². The third kappa shape index (κ3) is 5.26. The maximum Gasteiger partial charge on any atom is 0.193 e. The fraction of sp³-hybridized carbons (Fsp3) is 0.600. The molecule has 0 aliphatic carbocycles. The first-order valence-electron chi connectivity index (χ1n) is 7.14. The van der Waals surface area contributed by atoms with Crippen LogP contribution >= 0.6 is 24.0 Å². The topological polar surface area (TPSA) is 40.5 Å².